The van der Waals surface area contributed by atoms with E-state index in [-0.39, 0.29) is 12.0 Å². The lowest BCUT2D eigenvalue weighted by molar-refractivity contribution is -0.143. The fourth-order valence-electron chi connectivity index (χ4n) is 2.18. The Labute approximate surface area is 126 Å². The summed E-state index contributed by atoms with van der Waals surface area (Å²) in [5.41, 5.74) is 3.28. The van der Waals surface area contributed by atoms with E-state index < -0.39 is 0 Å². The van der Waals surface area contributed by atoms with E-state index in [0.29, 0.717) is 13.0 Å². The first-order valence-corrected chi connectivity index (χ1v) is 7.23. The number of rotatable bonds is 6. The van der Waals surface area contributed by atoms with Crippen LogP contribution in [0.25, 0.3) is 0 Å². The van der Waals surface area contributed by atoms with Crippen LogP contribution < -0.4 is 5.32 Å². The van der Waals surface area contributed by atoms with E-state index in [1.54, 1.807) is 0 Å². The average molecular weight is 283 g/mol. The number of benzene rings is 2. The van der Waals surface area contributed by atoms with E-state index in [1.807, 2.05) is 49.4 Å². The van der Waals surface area contributed by atoms with E-state index in [4.69, 9.17) is 4.74 Å². The number of hydrogen-bond acceptors (Lipinski definition) is 3. The molecule has 0 bridgehead atoms. The molecule has 3 heteroatoms. The molecule has 0 heterocycles. The number of carbonyl (C=O) groups is 1. The molecule has 3 nitrogen and oxygen atoms in total. The summed E-state index contributed by atoms with van der Waals surface area (Å²) in [6.45, 7) is 4.28. The first-order chi connectivity index (χ1) is 10.2. The van der Waals surface area contributed by atoms with Crippen molar-refractivity contribution in [3.8, 4) is 0 Å². The summed E-state index contributed by atoms with van der Waals surface area (Å²) >= 11 is 0. The minimum absolute atomic E-state index is 0.0899. The number of esters is 1. The second kappa shape index (κ2) is 7.48. The van der Waals surface area contributed by atoms with Gasteiger partial charge in [0.25, 0.3) is 0 Å². The fraction of sp³-hybridized carbons (Fsp3) is 0.278. The van der Waals surface area contributed by atoms with E-state index >= 15 is 0 Å². The molecule has 0 saturated heterocycles. The molecule has 0 aliphatic rings. The van der Waals surface area contributed by atoms with Crippen molar-refractivity contribution in [1.29, 1.82) is 0 Å². The summed E-state index contributed by atoms with van der Waals surface area (Å²) in [7, 11) is 0. The predicted molar refractivity (Wildman–Crippen MR) is 85.2 cm³/mol. The molecule has 0 radical (unpaired) electrons. The molecule has 0 saturated carbocycles. The van der Waals surface area contributed by atoms with Crippen LogP contribution in [0.4, 0.5) is 5.69 Å². The smallest absolute Gasteiger partial charge is 0.308 e. The van der Waals surface area contributed by atoms with Crippen LogP contribution in [0.3, 0.4) is 0 Å². The molecule has 110 valence electrons. The van der Waals surface area contributed by atoms with Crippen LogP contribution in [0.5, 0.6) is 0 Å². The monoisotopic (exact) mass is 283 g/mol. The van der Waals surface area contributed by atoms with Gasteiger partial charge in [0.2, 0.25) is 0 Å². The summed E-state index contributed by atoms with van der Waals surface area (Å²) < 4.78 is 5.07. The van der Waals surface area contributed by atoms with Gasteiger partial charge in [0.15, 0.2) is 0 Å². The van der Waals surface area contributed by atoms with Crippen molar-refractivity contribution >= 4 is 11.7 Å². The van der Waals surface area contributed by atoms with Gasteiger partial charge in [-0.2, -0.15) is 0 Å². The first-order valence-electron chi connectivity index (χ1n) is 7.23. The third kappa shape index (κ3) is 4.63. The van der Waals surface area contributed by atoms with E-state index in [9.17, 15) is 4.79 Å². The van der Waals surface area contributed by atoms with Crippen LogP contribution in [0.1, 0.15) is 30.5 Å². The number of nitrogens with one attached hydrogen (secondary N) is 1. The quantitative estimate of drug-likeness (QED) is 0.811. The van der Waals surface area contributed by atoms with Crippen LogP contribution >= 0.6 is 0 Å². The number of ether oxygens (including phenoxy) is 1. The number of aryl methyl sites for hydroxylation is 1. The second-order valence-electron chi connectivity index (χ2n) is 4.98. The Morgan fingerprint density at radius 2 is 1.76 bits per heavy atom. The molecule has 1 atom stereocenters. The van der Waals surface area contributed by atoms with Crippen LogP contribution in [0.2, 0.25) is 0 Å². The number of anilines is 1. The van der Waals surface area contributed by atoms with Gasteiger partial charge in [-0.15, -0.1) is 0 Å². The van der Waals surface area contributed by atoms with Crippen molar-refractivity contribution < 1.29 is 9.53 Å². The zero-order chi connectivity index (χ0) is 15.1. The second-order valence-corrected chi connectivity index (χ2v) is 4.98. The molecule has 0 unspecified atom stereocenters. The molecule has 0 aliphatic carbocycles. The minimum Gasteiger partial charge on any atom is -0.466 e. The Hall–Kier alpha value is -2.29. The van der Waals surface area contributed by atoms with Gasteiger partial charge in [-0.1, -0.05) is 48.0 Å². The summed E-state index contributed by atoms with van der Waals surface area (Å²) in [4.78, 5) is 11.8. The maximum absolute atomic E-state index is 11.8. The molecule has 0 aliphatic heterocycles. The molecular weight excluding hydrogens is 262 g/mol. The van der Waals surface area contributed by atoms with Crippen LogP contribution in [0.15, 0.2) is 54.6 Å². The fourth-order valence-corrected chi connectivity index (χ4v) is 2.18. The maximum Gasteiger partial charge on any atom is 0.308 e. The summed E-state index contributed by atoms with van der Waals surface area (Å²) in [5, 5.41) is 3.41. The topological polar surface area (TPSA) is 38.3 Å². The van der Waals surface area contributed by atoms with Gasteiger partial charge >= 0.3 is 5.97 Å². The Morgan fingerprint density at radius 3 is 2.38 bits per heavy atom. The maximum atomic E-state index is 11.8. The van der Waals surface area contributed by atoms with Gasteiger partial charge < -0.3 is 10.1 Å². The van der Waals surface area contributed by atoms with Gasteiger partial charge in [-0.05, 0) is 31.5 Å². The highest BCUT2D eigenvalue weighted by Gasteiger charge is 2.16. The Balaban J connectivity index is 2.15. The molecule has 1 N–H and O–H groups in total. The van der Waals surface area contributed by atoms with Crippen LogP contribution in [-0.2, 0) is 9.53 Å². The molecule has 2 aromatic carbocycles. The average Bonchev–Trinajstić information content (AvgIpc) is 2.50. The van der Waals surface area contributed by atoms with E-state index in [0.717, 1.165) is 11.3 Å². The van der Waals surface area contributed by atoms with Gasteiger partial charge in [0.05, 0.1) is 19.1 Å². The molecule has 0 spiro atoms. The lowest BCUT2D eigenvalue weighted by atomic mass is 10.0. The van der Waals surface area contributed by atoms with Gasteiger partial charge in [0.1, 0.15) is 0 Å². The highest BCUT2D eigenvalue weighted by molar-refractivity contribution is 5.71. The van der Waals surface area contributed by atoms with Gasteiger partial charge in [-0.25, -0.2) is 0 Å². The van der Waals surface area contributed by atoms with E-state index in [1.165, 1.54) is 5.56 Å². The van der Waals surface area contributed by atoms with Gasteiger partial charge in [-0.3, -0.25) is 4.79 Å². The third-order valence-corrected chi connectivity index (χ3v) is 3.27. The van der Waals surface area contributed by atoms with Crippen molar-refractivity contribution in [3.63, 3.8) is 0 Å². The lowest BCUT2D eigenvalue weighted by Crippen LogP contribution is -2.17. The molecule has 2 aromatic rings. The van der Waals surface area contributed by atoms with Crippen LogP contribution in [-0.4, -0.2) is 12.6 Å². The highest BCUT2D eigenvalue weighted by atomic mass is 16.5. The molecule has 0 amide bonds. The predicted octanol–water partition coefficient (Wildman–Crippen LogP) is 4.10. The van der Waals surface area contributed by atoms with Crippen LogP contribution in [0, 0.1) is 6.92 Å². The van der Waals surface area contributed by atoms with Crippen molar-refractivity contribution in [2.24, 2.45) is 0 Å². The minimum atomic E-state index is -0.189. The highest BCUT2D eigenvalue weighted by Crippen LogP contribution is 2.23. The molecule has 0 fully saturated rings. The zero-order valence-electron chi connectivity index (χ0n) is 12.5. The van der Waals surface area contributed by atoms with E-state index in [2.05, 4.69) is 24.4 Å². The zero-order valence-corrected chi connectivity index (χ0v) is 12.5. The van der Waals surface area contributed by atoms with Crippen molar-refractivity contribution in [3.05, 3.63) is 65.7 Å². The summed E-state index contributed by atoms with van der Waals surface area (Å²) in [6, 6.07) is 18.0. The SMILES string of the molecule is CCOC(=O)C[C@H](Nc1ccc(C)cc1)c1ccccc1. The standard InChI is InChI=1S/C18H21NO2/c1-3-21-18(20)13-17(15-7-5-4-6-8-15)19-16-11-9-14(2)10-12-16/h4-12,17,19H,3,13H2,1-2H3/t17-/m0/s1. The molecule has 2 rings (SSSR count). The normalized spacial score (nSPS) is 11.7. The number of carbonyl (C=O) groups excluding carboxylic acids is 1. The molecule has 0 aromatic heterocycles. The first kappa shape index (κ1) is 15.1. The Kier molecular flexibility index (Phi) is 5.38. The largest absolute Gasteiger partial charge is 0.466 e. The van der Waals surface area contributed by atoms with Crippen molar-refractivity contribution in [1.82, 2.24) is 0 Å². The lowest BCUT2D eigenvalue weighted by Gasteiger charge is -2.20. The Bertz CT molecular complexity index is 564. The van der Waals surface area contributed by atoms with Crippen molar-refractivity contribution in [2.75, 3.05) is 11.9 Å². The Morgan fingerprint density at radius 1 is 1.10 bits per heavy atom. The van der Waals surface area contributed by atoms with Gasteiger partial charge in [0, 0.05) is 5.69 Å². The third-order valence-electron chi connectivity index (χ3n) is 3.27. The molecule has 21 heavy (non-hydrogen) atoms. The van der Waals surface area contributed by atoms with Crippen molar-refractivity contribution in [2.45, 2.75) is 26.3 Å². The number of hydrogen-bond donors (Lipinski definition) is 1. The molecular formula is C18H21NO2. The summed E-state index contributed by atoms with van der Waals surface area (Å²) in [6.07, 6.45) is 0.311. The summed E-state index contributed by atoms with van der Waals surface area (Å²) in [5.74, 6) is -0.189.